The maximum absolute atomic E-state index is 12.3. The molecule has 3 amide bonds. The standard InChI is InChI=1S/C17H31N3O2/c1-17(2,3)13-15(21)19-9-11-20(12-10-19)16(22)18-14-7-5-4-6-8-14/h14H,4-13H2,1-3H3,(H,18,22). The summed E-state index contributed by atoms with van der Waals surface area (Å²) < 4.78 is 0. The summed E-state index contributed by atoms with van der Waals surface area (Å²) in [5, 5.41) is 3.15. The number of nitrogens with one attached hydrogen (secondary N) is 1. The minimum absolute atomic E-state index is 0.0204. The molecule has 1 N–H and O–H groups in total. The van der Waals surface area contributed by atoms with Crippen molar-refractivity contribution in [2.45, 2.75) is 65.3 Å². The van der Waals surface area contributed by atoms with Crippen molar-refractivity contribution in [2.75, 3.05) is 26.2 Å². The van der Waals surface area contributed by atoms with Gasteiger partial charge in [-0.1, -0.05) is 40.0 Å². The van der Waals surface area contributed by atoms with E-state index >= 15 is 0 Å². The highest BCUT2D eigenvalue weighted by Crippen LogP contribution is 2.21. The summed E-state index contributed by atoms with van der Waals surface area (Å²) in [4.78, 5) is 28.3. The first kappa shape index (κ1) is 17.1. The van der Waals surface area contributed by atoms with Gasteiger partial charge in [-0.25, -0.2) is 4.79 Å². The molecular formula is C17H31N3O2. The van der Waals surface area contributed by atoms with Crippen LogP contribution >= 0.6 is 0 Å². The highest BCUT2D eigenvalue weighted by Gasteiger charge is 2.27. The number of hydrogen-bond donors (Lipinski definition) is 1. The molecule has 22 heavy (non-hydrogen) atoms. The van der Waals surface area contributed by atoms with E-state index in [1.165, 1.54) is 19.3 Å². The summed E-state index contributed by atoms with van der Waals surface area (Å²) in [5.41, 5.74) is 0.0204. The van der Waals surface area contributed by atoms with E-state index in [1.807, 2.05) is 9.80 Å². The Balaban J connectivity index is 1.74. The number of amides is 3. The van der Waals surface area contributed by atoms with Crippen LogP contribution in [0.25, 0.3) is 0 Å². The van der Waals surface area contributed by atoms with Gasteiger partial charge in [0, 0.05) is 38.6 Å². The fourth-order valence-electron chi connectivity index (χ4n) is 3.24. The Morgan fingerprint density at radius 2 is 1.50 bits per heavy atom. The van der Waals surface area contributed by atoms with Gasteiger partial charge in [0.1, 0.15) is 0 Å². The smallest absolute Gasteiger partial charge is 0.317 e. The average Bonchev–Trinajstić information content (AvgIpc) is 2.46. The van der Waals surface area contributed by atoms with Crippen molar-refractivity contribution in [3.05, 3.63) is 0 Å². The fourth-order valence-corrected chi connectivity index (χ4v) is 3.24. The Bertz CT molecular complexity index is 389. The Morgan fingerprint density at radius 1 is 0.955 bits per heavy atom. The molecule has 0 aromatic heterocycles. The molecule has 1 saturated carbocycles. The second-order valence-electron chi connectivity index (χ2n) is 7.89. The number of carbonyl (C=O) groups is 2. The Hall–Kier alpha value is -1.26. The third-order valence-electron chi connectivity index (χ3n) is 4.53. The summed E-state index contributed by atoms with van der Waals surface area (Å²) >= 11 is 0. The van der Waals surface area contributed by atoms with Crippen LogP contribution in [0.5, 0.6) is 0 Å². The van der Waals surface area contributed by atoms with Crippen molar-refractivity contribution in [3.63, 3.8) is 0 Å². The number of carbonyl (C=O) groups excluding carboxylic acids is 2. The number of hydrogen-bond acceptors (Lipinski definition) is 2. The zero-order valence-corrected chi connectivity index (χ0v) is 14.4. The van der Waals surface area contributed by atoms with Gasteiger partial charge in [0.15, 0.2) is 0 Å². The average molecular weight is 309 g/mol. The lowest BCUT2D eigenvalue weighted by molar-refractivity contribution is -0.134. The van der Waals surface area contributed by atoms with E-state index in [0.717, 1.165) is 12.8 Å². The maximum Gasteiger partial charge on any atom is 0.317 e. The third-order valence-corrected chi connectivity index (χ3v) is 4.53. The van der Waals surface area contributed by atoms with Gasteiger partial charge in [-0.3, -0.25) is 4.79 Å². The summed E-state index contributed by atoms with van der Waals surface area (Å²) in [6, 6.07) is 0.400. The van der Waals surface area contributed by atoms with Crippen molar-refractivity contribution in [1.82, 2.24) is 15.1 Å². The van der Waals surface area contributed by atoms with Crippen LogP contribution in [0, 0.1) is 5.41 Å². The van der Waals surface area contributed by atoms with Gasteiger partial charge in [0.05, 0.1) is 0 Å². The van der Waals surface area contributed by atoms with Gasteiger partial charge in [-0.15, -0.1) is 0 Å². The maximum atomic E-state index is 12.3. The highest BCUT2D eigenvalue weighted by atomic mass is 16.2. The molecule has 5 heteroatoms. The van der Waals surface area contributed by atoms with Crippen LogP contribution in [0.1, 0.15) is 59.3 Å². The van der Waals surface area contributed by atoms with Gasteiger partial charge in [0.2, 0.25) is 5.91 Å². The van der Waals surface area contributed by atoms with Gasteiger partial charge in [-0.05, 0) is 18.3 Å². The molecule has 0 atom stereocenters. The minimum Gasteiger partial charge on any atom is -0.339 e. The molecule has 5 nitrogen and oxygen atoms in total. The molecule has 2 rings (SSSR count). The van der Waals surface area contributed by atoms with E-state index in [1.54, 1.807) is 0 Å². The normalized spacial score (nSPS) is 20.9. The molecule has 2 fully saturated rings. The molecule has 0 bridgehead atoms. The van der Waals surface area contributed by atoms with Crippen molar-refractivity contribution in [1.29, 1.82) is 0 Å². The lowest BCUT2D eigenvalue weighted by Crippen LogP contribution is -2.55. The second kappa shape index (κ2) is 7.34. The molecule has 0 aromatic carbocycles. The lowest BCUT2D eigenvalue weighted by Gasteiger charge is -2.37. The summed E-state index contributed by atoms with van der Waals surface area (Å²) in [7, 11) is 0. The van der Waals surface area contributed by atoms with Crippen molar-refractivity contribution in [2.24, 2.45) is 5.41 Å². The predicted octanol–water partition coefficient (Wildman–Crippen LogP) is 2.61. The number of nitrogens with zero attached hydrogens (tertiary/aromatic N) is 2. The topological polar surface area (TPSA) is 52.7 Å². The van der Waals surface area contributed by atoms with E-state index < -0.39 is 0 Å². The van der Waals surface area contributed by atoms with Crippen molar-refractivity contribution >= 4 is 11.9 Å². The van der Waals surface area contributed by atoms with E-state index in [9.17, 15) is 9.59 Å². The van der Waals surface area contributed by atoms with Crippen LogP contribution < -0.4 is 5.32 Å². The first-order chi connectivity index (χ1) is 10.3. The van der Waals surface area contributed by atoms with E-state index in [0.29, 0.717) is 38.6 Å². The first-order valence-corrected chi connectivity index (χ1v) is 8.68. The van der Waals surface area contributed by atoms with Crippen LogP contribution in [-0.2, 0) is 4.79 Å². The molecule has 0 aromatic rings. The fraction of sp³-hybridized carbons (Fsp3) is 0.882. The molecule has 1 saturated heterocycles. The largest absolute Gasteiger partial charge is 0.339 e. The summed E-state index contributed by atoms with van der Waals surface area (Å²) in [6.45, 7) is 8.86. The van der Waals surface area contributed by atoms with Crippen LogP contribution in [0.15, 0.2) is 0 Å². The molecule has 1 aliphatic carbocycles. The van der Waals surface area contributed by atoms with Crippen LogP contribution in [0.2, 0.25) is 0 Å². The lowest BCUT2D eigenvalue weighted by atomic mass is 9.91. The van der Waals surface area contributed by atoms with Crippen molar-refractivity contribution in [3.8, 4) is 0 Å². The third kappa shape index (κ3) is 5.18. The van der Waals surface area contributed by atoms with E-state index in [4.69, 9.17) is 0 Å². The number of piperazine rings is 1. The van der Waals surface area contributed by atoms with Gasteiger partial charge >= 0.3 is 6.03 Å². The van der Waals surface area contributed by atoms with Crippen LogP contribution in [0.4, 0.5) is 4.79 Å². The van der Waals surface area contributed by atoms with Gasteiger partial charge < -0.3 is 15.1 Å². The summed E-state index contributed by atoms with van der Waals surface area (Å²) in [5.74, 6) is 0.208. The molecule has 2 aliphatic rings. The van der Waals surface area contributed by atoms with Crippen LogP contribution in [0.3, 0.4) is 0 Å². The quantitative estimate of drug-likeness (QED) is 0.852. The minimum atomic E-state index is 0.0204. The zero-order valence-electron chi connectivity index (χ0n) is 14.4. The molecule has 0 spiro atoms. The highest BCUT2D eigenvalue weighted by molar-refractivity contribution is 5.78. The molecular weight excluding hydrogens is 278 g/mol. The monoisotopic (exact) mass is 309 g/mol. The Morgan fingerprint density at radius 3 is 2.05 bits per heavy atom. The Kier molecular flexibility index (Phi) is 5.70. The Labute approximate surface area is 134 Å². The summed E-state index contributed by atoms with van der Waals surface area (Å²) in [6.07, 6.45) is 6.52. The molecule has 1 aliphatic heterocycles. The van der Waals surface area contributed by atoms with Gasteiger partial charge in [0.25, 0.3) is 0 Å². The van der Waals surface area contributed by atoms with Crippen LogP contribution in [-0.4, -0.2) is 54.0 Å². The first-order valence-electron chi connectivity index (χ1n) is 8.68. The van der Waals surface area contributed by atoms with Crippen molar-refractivity contribution < 1.29 is 9.59 Å². The zero-order chi connectivity index (χ0) is 16.2. The van der Waals surface area contributed by atoms with Gasteiger partial charge in [-0.2, -0.15) is 0 Å². The molecule has 0 unspecified atom stereocenters. The molecule has 126 valence electrons. The SMILES string of the molecule is CC(C)(C)CC(=O)N1CCN(C(=O)NC2CCCCC2)CC1. The number of urea groups is 1. The number of rotatable bonds is 2. The van der Waals surface area contributed by atoms with E-state index in [2.05, 4.69) is 26.1 Å². The molecule has 0 radical (unpaired) electrons. The predicted molar refractivity (Wildman–Crippen MR) is 87.6 cm³/mol. The second-order valence-corrected chi connectivity index (χ2v) is 7.89. The van der Waals surface area contributed by atoms with E-state index in [-0.39, 0.29) is 17.4 Å². The molecule has 1 heterocycles.